The second-order valence-electron chi connectivity index (χ2n) is 6.52. The molecule has 1 aromatic heterocycles. The fraction of sp³-hybridized carbons (Fsp3) is 0.238. The number of rotatable bonds is 8. The van der Waals surface area contributed by atoms with E-state index >= 15 is 0 Å². The molecular weight excluding hydrogens is 434 g/mol. The largest absolute Gasteiger partial charge is 0.497 e. The molecule has 0 aliphatic carbocycles. The Kier molecular flexibility index (Phi) is 7.45. The SMILES string of the molecule is COc1ccc(-c2nnc(NC(=O)[C@H](C)NC(=O)Nc3ccc(OC)cc3OC)s2)cc1. The van der Waals surface area contributed by atoms with Crippen LogP contribution in [0.15, 0.2) is 42.5 Å². The van der Waals surface area contributed by atoms with E-state index in [1.54, 1.807) is 32.2 Å². The number of hydrogen-bond acceptors (Lipinski definition) is 8. The number of benzene rings is 2. The summed E-state index contributed by atoms with van der Waals surface area (Å²) in [6, 6.07) is 10.9. The van der Waals surface area contributed by atoms with Crippen molar-refractivity contribution in [2.75, 3.05) is 32.0 Å². The van der Waals surface area contributed by atoms with Crippen molar-refractivity contribution in [3.63, 3.8) is 0 Å². The number of methoxy groups -OCH3 is 3. The fourth-order valence-electron chi connectivity index (χ4n) is 2.66. The zero-order valence-electron chi connectivity index (χ0n) is 18.0. The van der Waals surface area contributed by atoms with E-state index in [0.29, 0.717) is 27.3 Å². The van der Waals surface area contributed by atoms with Crippen molar-refractivity contribution < 1.29 is 23.8 Å². The summed E-state index contributed by atoms with van der Waals surface area (Å²) < 4.78 is 15.5. The highest BCUT2D eigenvalue weighted by atomic mass is 32.1. The van der Waals surface area contributed by atoms with Crippen LogP contribution in [0.25, 0.3) is 10.6 Å². The molecule has 0 fully saturated rings. The summed E-state index contributed by atoms with van der Waals surface area (Å²) in [4.78, 5) is 24.8. The maximum atomic E-state index is 12.5. The molecule has 0 spiro atoms. The Morgan fingerprint density at radius 3 is 2.25 bits per heavy atom. The summed E-state index contributed by atoms with van der Waals surface area (Å²) in [6.07, 6.45) is 0. The third-order valence-electron chi connectivity index (χ3n) is 4.39. The predicted molar refractivity (Wildman–Crippen MR) is 122 cm³/mol. The van der Waals surface area contributed by atoms with Gasteiger partial charge in [0.2, 0.25) is 11.0 Å². The van der Waals surface area contributed by atoms with Crippen molar-refractivity contribution in [1.82, 2.24) is 15.5 Å². The zero-order chi connectivity index (χ0) is 23.1. The maximum absolute atomic E-state index is 12.5. The second kappa shape index (κ2) is 10.4. The summed E-state index contributed by atoms with van der Waals surface area (Å²) in [5.74, 6) is 1.32. The lowest BCUT2D eigenvalue weighted by molar-refractivity contribution is -0.117. The summed E-state index contributed by atoms with van der Waals surface area (Å²) >= 11 is 1.22. The summed E-state index contributed by atoms with van der Waals surface area (Å²) in [5.41, 5.74) is 1.29. The zero-order valence-corrected chi connectivity index (χ0v) is 18.8. The number of ether oxygens (including phenoxy) is 3. The van der Waals surface area contributed by atoms with Gasteiger partial charge >= 0.3 is 6.03 Å². The normalized spacial score (nSPS) is 11.2. The van der Waals surface area contributed by atoms with Gasteiger partial charge in [-0.3, -0.25) is 10.1 Å². The van der Waals surface area contributed by atoms with Crippen LogP contribution in [0, 0.1) is 0 Å². The Hall–Kier alpha value is -3.86. The van der Waals surface area contributed by atoms with Crippen LogP contribution in [-0.4, -0.2) is 49.5 Å². The first kappa shape index (κ1) is 22.8. The van der Waals surface area contributed by atoms with Crippen molar-refractivity contribution in [1.29, 1.82) is 0 Å². The van der Waals surface area contributed by atoms with E-state index in [4.69, 9.17) is 14.2 Å². The molecule has 2 aromatic carbocycles. The number of nitrogens with one attached hydrogen (secondary N) is 3. The van der Waals surface area contributed by atoms with Gasteiger partial charge < -0.3 is 24.8 Å². The third-order valence-corrected chi connectivity index (χ3v) is 5.28. The van der Waals surface area contributed by atoms with E-state index in [1.165, 1.54) is 25.6 Å². The average molecular weight is 458 g/mol. The van der Waals surface area contributed by atoms with Crippen LogP contribution in [0.3, 0.4) is 0 Å². The molecule has 0 aliphatic heterocycles. The molecule has 0 saturated carbocycles. The molecule has 3 aromatic rings. The van der Waals surface area contributed by atoms with Gasteiger partial charge in [-0.1, -0.05) is 11.3 Å². The Balaban J connectivity index is 1.57. The van der Waals surface area contributed by atoms with Crippen molar-refractivity contribution >= 4 is 34.1 Å². The van der Waals surface area contributed by atoms with Crippen LogP contribution in [-0.2, 0) is 4.79 Å². The molecular formula is C21H23N5O5S. The highest BCUT2D eigenvalue weighted by molar-refractivity contribution is 7.18. The minimum absolute atomic E-state index is 0.326. The summed E-state index contributed by atoms with van der Waals surface area (Å²) in [6.45, 7) is 1.56. The molecule has 3 N–H and O–H groups in total. The molecule has 0 saturated heterocycles. The molecule has 1 heterocycles. The Labute approximate surface area is 188 Å². The highest BCUT2D eigenvalue weighted by Crippen LogP contribution is 2.29. The second-order valence-corrected chi connectivity index (χ2v) is 7.49. The highest BCUT2D eigenvalue weighted by Gasteiger charge is 2.19. The number of hydrogen-bond donors (Lipinski definition) is 3. The van der Waals surface area contributed by atoms with Gasteiger partial charge in [0.15, 0.2) is 0 Å². The fourth-order valence-corrected chi connectivity index (χ4v) is 3.41. The summed E-state index contributed by atoms with van der Waals surface area (Å²) in [7, 11) is 4.61. The molecule has 0 bridgehead atoms. The number of urea groups is 1. The van der Waals surface area contributed by atoms with Crippen molar-refractivity contribution in [3.05, 3.63) is 42.5 Å². The molecule has 3 rings (SSSR count). The number of carbonyl (C=O) groups excluding carboxylic acids is 2. The van der Waals surface area contributed by atoms with Gasteiger partial charge in [0.25, 0.3) is 0 Å². The van der Waals surface area contributed by atoms with E-state index in [2.05, 4.69) is 26.1 Å². The minimum Gasteiger partial charge on any atom is -0.497 e. The van der Waals surface area contributed by atoms with Crippen LogP contribution < -0.4 is 30.2 Å². The molecule has 3 amide bonds. The van der Waals surface area contributed by atoms with E-state index < -0.39 is 18.0 Å². The van der Waals surface area contributed by atoms with Gasteiger partial charge in [-0.25, -0.2) is 4.79 Å². The molecule has 0 aliphatic rings. The van der Waals surface area contributed by atoms with Gasteiger partial charge in [0, 0.05) is 11.6 Å². The van der Waals surface area contributed by atoms with Gasteiger partial charge in [-0.2, -0.15) is 0 Å². The topological polar surface area (TPSA) is 124 Å². The number of amides is 3. The minimum atomic E-state index is -0.826. The van der Waals surface area contributed by atoms with Gasteiger partial charge in [-0.05, 0) is 43.3 Å². The molecule has 11 heteroatoms. The lowest BCUT2D eigenvalue weighted by Gasteiger charge is -2.15. The molecule has 1 atom stereocenters. The summed E-state index contributed by atoms with van der Waals surface area (Å²) in [5, 5.41) is 16.9. The van der Waals surface area contributed by atoms with Crippen LogP contribution in [0.5, 0.6) is 17.2 Å². The number of nitrogens with zero attached hydrogens (tertiary/aromatic N) is 2. The first-order valence-electron chi connectivity index (χ1n) is 9.51. The molecule has 0 radical (unpaired) electrons. The van der Waals surface area contributed by atoms with E-state index in [-0.39, 0.29) is 0 Å². The standard InChI is InChI=1S/C21H23N5O5S/c1-12(22-20(28)23-16-10-9-15(30-3)11-17(16)31-4)18(27)24-21-26-25-19(32-21)13-5-7-14(29-2)8-6-13/h5-12H,1-4H3,(H2,22,23,28)(H,24,26,27)/t12-/m0/s1. The van der Waals surface area contributed by atoms with E-state index in [9.17, 15) is 9.59 Å². The quantitative estimate of drug-likeness (QED) is 0.474. The van der Waals surface area contributed by atoms with Crippen molar-refractivity contribution in [3.8, 4) is 27.8 Å². The van der Waals surface area contributed by atoms with Crippen molar-refractivity contribution in [2.24, 2.45) is 0 Å². The van der Waals surface area contributed by atoms with Crippen molar-refractivity contribution in [2.45, 2.75) is 13.0 Å². The monoisotopic (exact) mass is 457 g/mol. The van der Waals surface area contributed by atoms with Gasteiger partial charge in [-0.15, -0.1) is 10.2 Å². The number of carbonyl (C=O) groups is 2. The molecule has 32 heavy (non-hydrogen) atoms. The number of anilines is 2. The van der Waals surface area contributed by atoms with E-state index in [1.807, 2.05) is 24.3 Å². The molecule has 0 unspecified atom stereocenters. The van der Waals surface area contributed by atoms with Gasteiger partial charge in [0.05, 0.1) is 27.0 Å². The third kappa shape index (κ3) is 5.64. The lowest BCUT2D eigenvalue weighted by Crippen LogP contribution is -2.43. The first-order chi connectivity index (χ1) is 15.4. The molecule has 10 nitrogen and oxygen atoms in total. The average Bonchev–Trinajstić information content (AvgIpc) is 3.27. The van der Waals surface area contributed by atoms with Crippen LogP contribution in [0.1, 0.15) is 6.92 Å². The van der Waals surface area contributed by atoms with Crippen LogP contribution in [0.2, 0.25) is 0 Å². The smallest absolute Gasteiger partial charge is 0.319 e. The van der Waals surface area contributed by atoms with Crippen LogP contribution >= 0.6 is 11.3 Å². The Morgan fingerprint density at radius 1 is 0.906 bits per heavy atom. The maximum Gasteiger partial charge on any atom is 0.319 e. The Morgan fingerprint density at radius 2 is 1.59 bits per heavy atom. The number of aromatic nitrogens is 2. The lowest BCUT2D eigenvalue weighted by atomic mass is 10.2. The Bertz CT molecular complexity index is 1090. The molecule has 168 valence electrons. The predicted octanol–water partition coefficient (Wildman–Crippen LogP) is 3.38. The van der Waals surface area contributed by atoms with Gasteiger partial charge in [0.1, 0.15) is 28.3 Å². The first-order valence-corrected chi connectivity index (χ1v) is 10.3. The van der Waals surface area contributed by atoms with E-state index in [0.717, 1.165) is 11.3 Å². The van der Waals surface area contributed by atoms with Crippen LogP contribution in [0.4, 0.5) is 15.6 Å².